The molecule has 0 spiro atoms. The van der Waals surface area contributed by atoms with Crippen LogP contribution in [0.5, 0.6) is 0 Å². The molecular weight excluding hydrogens is 300 g/mol. The van der Waals surface area contributed by atoms with Gasteiger partial charge in [0.2, 0.25) is 0 Å². The molecule has 0 saturated heterocycles. The highest BCUT2D eigenvalue weighted by molar-refractivity contribution is 7.79. The quantitative estimate of drug-likeness (QED) is 0.326. The van der Waals surface area contributed by atoms with E-state index in [0.717, 1.165) is 39.3 Å². The van der Waals surface area contributed by atoms with Gasteiger partial charge in [0.1, 0.15) is 39.3 Å². The van der Waals surface area contributed by atoms with Gasteiger partial charge < -0.3 is 9.11 Å². The van der Waals surface area contributed by atoms with Crippen molar-refractivity contribution in [3.05, 3.63) is 0 Å². The molecular formula is C12H32N2O6S. The minimum Gasteiger partial charge on any atom is -0.759 e. The molecule has 0 bridgehead atoms. The van der Waals surface area contributed by atoms with Crippen LogP contribution < -0.4 is 0 Å². The normalized spacial score (nSPS) is 11.9. The van der Waals surface area contributed by atoms with E-state index in [0.29, 0.717) is 0 Å². The Morgan fingerprint density at radius 2 is 0.762 bits per heavy atom. The van der Waals surface area contributed by atoms with Gasteiger partial charge >= 0.3 is 0 Å². The largest absolute Gasteiger partial charge is 0.759 e. The minimum absolute atomic E-state index is 0.208. The molecule has 0 aliphatic heterocycles. The lowest BCUT2D eigenvalue weighted by Gasteiger charge is -2.25. The molecule has 0 heterocycles. The van der Waals surface area contributed by atoms with Crippen molar-refractivity contribution in [2.45, 2.75) is 41.5 Å². The van der Waals surface area contributed by atoms with E-state index in [4.69, 9.17) is 17.5 Å². The zero-order chi connectivity index (χ0) is 17.7. The summed E-state index contributed by atoms with van der Waals surface area (Å²) in [6.45, 7) is 16.8. The van der Waals surface area contributed by atoms with E-state index in [1.807, 2.05) is 41.5 Å². The molecule has 21 heavy (non-hydrogen) atoms. The molecule has 0 rings (SSSR count). The van der Waals surface area contributed by atoms with Gasteiger partial charge in [0, 0.05) is 10.4 Å². The summed E-state index contributed by atoms with van der Waals surface area (Å²) in [5.74, 6) is 0. The molecule has 132 valence electrons. The van der Waals surface area contributed by atoms with Crippen LogP contribution in [0, 0.1) is 0 Å². The predicted octanol–water partition coefficient (Wildman–Crippen LogP) is 1.17. The van der Waals surface area contributed by atoms with E-state index in [2.05, 4.69) is 0 Å². The van der Waals surface area contributed by atoms with E-state index in [9.17, 15) is 10.4 Å². The fourth-order valence-electron chi connectivity index (χ4n) is 1.34. The van der Waals surface area contributed by atoms with Crippen LogP contribution in [0.4, 0.5) is 0 Å². The third kappa shape index (κ3) is 19.7. The van der Waals surface area contributed by atoms with Gasteiger partial charge in [-0.3, -0.25) is 8.42 Å². The van der Waals surface area contributed by atoms with Crippen LogP contribution in [0.25, 0.3) is 0 Å². The molecule has 0 aliphatic carbocycles. The predicted molar refractivity (Wildman–Crippen MR) is 77.8 cm³/mol. The van der Waals surface area contributed by atoms with Gasteiger partial charge in [-0.2, -0.15) is 9.29 Å². The summed E-state index contributed by atoms with van der Waals surface area (Å²) in [5.41, 5.74) is 0. The summed E-state index contributed by atoms with van der Waals surface area (Å²) in [4.78, 5) is 0. The van der Waals surface area contributed by atoms with Crippen molar-refractivity contribution < 1.29 is 37.2 Å². The maximum Gasteiger partial charge on any atom is 0.106 e. The molecule has 9 heteroatoms. The molecule has 0 fully saturated rings. The fourth-order valence-corrected chi connectivity index (χ4v) is 1.34. The Morgan fingerprint density at radius 3 is 0.762 bits per heavy atom. The van der Waals surface area contributed by atoms with E-state index in [-0.39, 0.29) is 9.29 Å². The van der Waals surface area contributed by atoms with Crippen LogP contribution in [0.1, 0.15) is 41.5 Å². The first kappa shape index (κ1) is 25.7. The van der Waals surface area contributed by atoms with Gasteiger partial charge in [-0.15, -0.1) is 0 Å². The van der Waals surface area contributed by atoms with Crippen molar-refractivity contribution in [3.63, 3.8) is 0 Å². The second-order valence-electron chi connectivity index (χ2n) is 4.50. The standard InChI is InChI=1S/2C6H16NO.H2O4S/c2*1-4-7(8,5-2)6-3;1-5(2,3)4/h2*8H,4-6H2,1-3H3;(H2,1,2,3,4)/q2*+1;/p-2. The molecule has 0 radical (unpaired) electrons. The molecule has 0 aliphatic rings. The first-order valence-corrected chi connectivity index (χ1v) is 8.54. The van der Waals surface area contributed by atoms with E-state index in [1.54, 1.807) is 0 Å². The summed E-state index contributed by atoms with van der Waals surface area (Å²) in [6, 6.07) is 0. The molecule has 2 N–H and O–H groups in total. The summed E-state index contributed by atoms with van der Waals surface area (Å²) < 4.78 is 34.5. The molecule has 8 nitrogen and oxygen atoms in total. The Morgan fingerprint density at radius 1 is 0.667 bits per heavy atom. The van der Waals surface area contributed by atoms with E-state index >= 15 is 0 Å². The fraction of sp³-hybridized carbons (Fsp3) is 1.00. The maximum atomic E-state index is 9.38. The number of hydrogen-bond acceptors (Lipinski definition) is 6. The van der Waals surface area contributed by atoms with Gasteiger partial charge in [-0.1, -0.05) is 0 Å². The Bertz CT molecular complexity index is 284. The van der Waals surface area contributed by atoms with Gasteiger partial charge in [0.05, 0.1) is 0 Å². The topological polar surface area (TPSA) is 121 Å². The third-order valence-corrected chi connectivity index (χ3v) is 3.53. The number of rotatable bonds is 6. The van der Waals surface area contributed by atoms with Crippen molar-refractivity contribution in [3.8, 4) is 0 Å². The summed E-state index contributed by atoms with van der Waals surface area (Å²) >= 11 is 0. The van der Waals surface area contributed by atoms with Gasteiger partial charge in [0.25, 0.3) is 0 Å². The highest BCUT2D eigenvalue weighted by Crippen LogP contribution is 1.97. The van der Waals surface area contributed by atoms with Crippen molar-refractivity contribution >= 4 is 10.4 Å². The van der Waals surface area contributed by atoms with E-state index in [1.165, 1.54) is 0 Å². The Labute approximate surface area is 129 Å². The Hall–Kier alpha value is -0.290. The SMILES string of the molecule is CC[N+](O)(CC)CC.CC[N+](O)(CC)CC.O=S(=O)([O-])[O-]. The van der Waals surface area contributed by atoms with Crippen LogP contribution in [-0.2, 0) is 10.4 Å². The van der Waals surface area contributed by atoms with Crippen molar-refractivity contribution in [2.24, 2.45) is 0 Å². The first-order valence-electron chi connectivity index (χ1n) is 7.21. The second-order valence-corrected chi connectivity index (χ2v) is 5.31. The molecule has 0 atom stereocenters. The van der Waals surface area contributed by atoms with Gasteiger partial charge in [0.15, 0.2) is 0 Å². The van der Waals surface area contributed by atoms with Crippen molar-refractivity contribution in [1.82, 2.24) is 0 Å². The molecule has 0 saturated carbocycles. The number of nitrogens with zero attached hydrogens (tertiary/aromatic N) is 2. The second kappa shape index (κ2) is 12.3. The number of hydroxylamine groups is 6. The van der Waals surface area contributed by atoms with Crippen LogP contribution in [0.2, 0.25) is 0 Å². The smallest absolute Gasteiger partial charge is 0.106 e. The Balaban J connectivity index is -0.000000239. The monoisotopic (exact) mass is 332 g/mol. The highest BCUT2D eigenvalue weighted by atomic mass is 32.3. The van der Waals surface area contributed by atoms with Gasteiger partial charge in [-0.05, 0) is 41.5 Å². The zero-order valence-electron chi connectivity index (χ0n) is 14.1. The Kier molecular flexibility index (Phi) is 15.0. The molecule has 0 aromatic rings. The van der Waals surface area contributed by atoms with E-state index < -0.39 is 10.4 Å². The lowest BCUT2D eigenvalue weighted by molar-refractivity contribution is -1.10. The average Bonchev–Trinajstić information content (AvgIpc) is 2.44. The molecule has 0 unspecified atom stereocenters. The van der Waals surface area contributed by atoms with Crippen LogP contribution >= 0.6 is 0 Å². The molecule has 0 aromatic carbocycles. The van der Waals surface area contributed by atoms with Crippen LogP contribution in [-0.4, -0.2) is 76.5 Å². The number of quaternary nitrogens is 2. The van der Waals surface area contributed by atoms with Gasteiger partial charge in [-0.25, -0.2) is 10.4 Å². The maximum absolute atomic E-state index is 9.38. The first-order chi connectivity index (χ1) is 9.36. The van der Waals surface area contributed by atoms with Crippen LogP contribution in [0.3, 0.4) is 0 Å². The molecule has 0 amide bonds. The van der Waals surface area contributed by atoms with Crippen molar-refractivity contribution in [1.29, 1.82) is 0 Å². The van der Waals surface area contributed by atoms with Crippen molar-refractivity contribution in [2.75, 3.05) is 39.3 Å². The highest BCUT2D eigenvalue weighted by Gasteiger charge is 2.16. The molecule has 0 aromatic heterocycles. The summed E-state index contributed by atoms with van der Waals surface area (Å²) in [5, 5.41) is 18.8. The number of hydrogen-bond donors (Lipinski definition) is 2. The van der Waals surface area contributed by atoms with Crippen LogP contribution in [0.15, 0.2) is 0 Å². The summed E-state index contributed by atoms with van der Waals surface area (Å²) in [7, 11) is -5.17. The minimum atomic E-state index is -5.17. The zero-order valence-corrected chi connectivity index (χ0v) is 14.9. The lowest BCUT2D eigenvalue weighted by atomic mass is 10.5. The summed E-state index contributed by atoms with van der Waals surface area (Å²) in [6.07, 6.45) is 0. The average molecular weight is 332 g/mol. The lowest BCUT2D eigenvalue weighted by Crippen LogP contribution is -2.43. The third-order valence-electron chi connectivity index (χ3n) is 3.53.